The van der Waals surface area contributed by atoms with E-state index in [1.54, 1.807) is 11.3 Å². The number of aromatic nitrogens is 2. The van der Waals surface area contributed by atoms with Crippen molar-refractivity contribution in [3.8, 4) is 0 Å². The summed E-state index contributed by atoms with van der Waals surface area (Å²) >= 11 is 1.65. The van der Waals surface area contributed by atoms with E-state index in [9.17, 15) is 4.79 Å². The fourth-order valence-electron chi connectivity index (χ4n) is 2.77. The standard InChI is InChI=1S/C15H19N3O2S/c1-10-9-21-15(16-10)13-5-3-4-6-18(13)14(19)8-12-7-11(2)20-17-12/h7,9,13H,3-6,8H2,1-2H3/t13-/m0/s1. The molecule has 0 bridgehead atoms. The van der Waals surface area contributed by atoms with Gasteiger partial charge in [0.25, 0.3) is 0 Å². The van der Waals surface area contributed by atoms with E-state index in [2.05, 4.69) is 10.1 Å². The highest BCUT2D eigenvalue weighted by atomic mass is 32.1. The number of carbonyl (C=O) groups is 1. The molecule has 1 atom stereocenters. The zero-order valence-corrected chi connectivity index (χ0v) is 13.2. The first-order valence-corrected chi connectivity index (χ1v) is 8.15. The smallest absolute Gasteiger partial charge is 0.229 e. The maximum Gasteiger partial charge on any atom is 0.229 e. The Morgan fingerprint density at radius 3 is 3.00 bits per heavy atom. The molecule has 2 aromatic heterocycles. The highest BCUT2D eigenvalue weighted by Crippen LogP contribution is 2.33. The van der Waals surface area contributed by atoms with Crippen LogP contribution in [0.25, 0.3) is 0 Å². The molecule has 2 aromatic rings. The fourth-order valence-corrected chi connectivity index (χ4v) is 3.71. The zero-order chi connectivity index (χ0) is 14.8. The second-order valence-electron chi connectivity index (χ2n) is 5.53. The highest BCUT2D eigenvalue weighted by molar-refractivity contribution is 7.09. The molecule has 0 radical (unpaired) electrons. The summed E-state index contributed by atoms with van der Waals surface area (Å²) in [7, 11) is 0. The van der Waals surface area contributed by atoms with Crippen LogP contribution in [-0.2, 0) is 11.2 Å². The van der Waals surface area contributed by atoms with Gasteiger partial charge in [-0.05, 0) is 33.1 Å². The first kappa shape index (κ1) is 14.3. The van der Waals surface area contributed by atoms with E-state index in [-0.39, 0.29) is 11.9 Å². The van der Waals surface area contributed by atoms with E-state index in [1.807, 2.05) is 30.2 Å². The van der Waals surface area contributed by atoms with Gasteiger partial charge in [0, 0.05) is 23.7 Å². The minimum absolute atomic E-state index is 0.112. The van der Waals surface area contributed by atoms with Crippen molar-refractivity contribution < 1.29 is 9.32 Å². The molecule has 6 heteroatoms. The maximum atomic E-state index is 12.6. The molecule has 5 nitrogen and oxygen atoms in total. The first-order chi connectivity index (χ1) is 10.1. The highest BCUT2D eigenvalue weighted by Gasteiger charge is 2.30. The second kappa shape index (κ2) is 5.97. The van der Waals surface area contributed by atoms with Crippen LogP contribution >= 0.6 is 11.3 Å². The number of nitrogens with zero attached hydrogens (tertiary/aromatic N) is 3. The topological polar surface area (TPSA) is 59.2 Å². The van der Waals surface area contributed by atoms with Gasteiger partial charge in [-0.3, -0.25) is 4.79 Å². The lowest BCUT2D eigenvalue weighted by atomic mass is 10.0. The molecular weight excluding hydrogens is 286 g/mol. The zero-order valence-electron chi connectivity index (χ0n) is 12.3. The van der Waals surface area contributed by atoms with E-state index < -0.39 is 0 Å². The number of hydrogen-bond donors (Lipinski definition) is 0. The summed E-state index contributed by atoms with van der Waals surface area (Å²) in [5.41, 5.74) is 1.73. The normalized spacial score (nSPS) is 19.0. The fraction of sp³-hybridized carbons (Fsp3) is 0.533. The Kier molecular flexibility index (Phi) is 4.05. The lowest BCUT2D eigenvalue weighted by Crippen LogP contribution is -2.39. The molecule has 3 rings (SSSR count). The van der Waals surface area contributed by atoms with Gasteiger partial charge in [-0.25, -0.2) is 4.98 Å². The maximum absolute atomic E-state index is 12.6. The number of hydrogen-bond acceptors (Lipinski definition) is 5. The predicted octanol–water partition coefficient (Wildman–Crippen LogP) is 3.04. The van der Waals surface area contributed by atoms with E-state index in [4.69, 9.17) is 4.52 Å². The van der Waals surface area contributed by atoms with E-state index >= 15 is 0 Å². The molecule has 21 heavy (non-hydrogen) atoms. The van der Waals surface area contributed by atoms with Gasteiger partial charge in [0.15, 0.2) is 0 Å². The predicted molar refractivity (Wildman–Crippen MR) is 80.1 cm³/mol. The third-order valence-corrected chi connectivity index (χ3v) is 4.82. The van der Waals surface area contributed by atoms with Crippen molar-refractivity contribution in [2.45, 2.75) is 45.6 Å². The van der Waals surface area contributed by atoms with Crippen molar-refractivity contribution in [1.29, 1.82) is 0 Å². The Labute approximate surface area is 128 Å². The molecule has 0 unspecified atom stereocenters. The van der Waals surface area contributed by atoms with Crippen molar-refractivity contribution in [1.82, 2.24) is 15.0 Å². The molecule has 3 heterocycles. The minimum atomic E-state index is 0.112. The number of aryl methyl sites for hydroxylation is 2. The summed E-state index contributed by atoms with van der Waals surface area (Å²) in [5, 5.41) is 7.02. The molecule has 0 N–H and O–H groups in total. The lowest BCUT2D eigenvalue weighted by molar-refractivity contribution is -0.134. The minimum Gasteiger partial charge on any atom is -0.361 e. The van der Waals surface area contributed by atoms with Gasteiger partial charge in [-0.15, -0.1) is 11.3 Å². The van der Waals surface area contributed by atoms with Gasteiger partial charge in [0.1, 0.15) is 10.8 Å². The summed E-state index contributed by atoms with van der Waals surface area (Å²) in [5.74, 6) is 0.851. The number of likely N-dealkylation sites (tertiary alicyclic amines) is 1. The molecule has 1 fully saturated rings. The van der Waals surface area contributed by atoms with Crippen molar-refractivity contribution >= 4 is 17.2 Å². The number of amides is 1. The molecule has 1 aliphatic heterocycles. The molecule has 0 spiro atoms. The number of rotatable bonds is 3. The molecule has 1 amide bonds. The van der Waals surface area contributed by atoms with Crippen molar-refractivity contribution in [2.24, 2.45) is 0 Å². The van der Waals surface area contributed by atoms with Crippen LogP contribution in [0.2, 0.25) is 0 Å². The summed E-state index contributed by atoms with van der Waals surface area (Å²) in [4.78, 5) is 19.1. The van der Waals surface area contributed by atoms with Crippen LogP contribution in [0.4, 0.5) is 0 Å². The molecule has 0 saturated carbocycles. The Balaban J connectivity index is 1.75. The summed E-state index contributed by atoms with van der Waals surface area (Å²) in [6.45, 7) is 4.63. The van der Waals surface area contributed by atoms with Crippen molar-refractivity contribution in [3.05, 3.63) is 33.6 Å². The summed E-state index contributed by atoms with van der Waals surface area (Å²) in [6, 6.07) is 1.95. The Bertz CT molecular complexity index is 634. The van der Waals surface area contributed by atoms with E-state index in [0.29, 0.717) is 12.1 Å². The quantitative estimate of drug-likeness (QED) is 0.874. The molecule has 1 saturated heterocycles. The number of thiazole rings is 1. The van der Waals surface area contributed by atoms with Crippen LogP contribution in [-0.4, -0.2) is 27.5 Å². The van der Waals surface area contributed by atoms with Crippen LogP contribution < -0.4 is 0 Å². The monoisotopic (exact) mass is 305 g/mol. The Morgan fingerprint density at radius 2 is 2.33 bits per heavy atom. The third kappa shape index (κ3) is 3.15. The van der Waals surface area contributed by atoms with Gasteiger partial charge < -0.3 is 9.42 Å². The van der Waals surface area contributed by atoms with Crippen LogP contribution in [0.15, 0.2) is 16.0 Å². The Morgan fingerprint density at radius 1 is 1.48 bits per heavy atom. The molecule has 0 aromatic carbocycles. The Hall–Kier alpha value is -1.69. The average Bonchev–Trinajstić information content (AvgIpc) is 3.07. The van der Waals surface area contributed by atoms with Crippen molar-refractivity contribution in [2.75, 3.05) is 6.54 Å². The van der Waals surface area contributed by atoms with Gasteiger partial charge >= 0.3 is 0 Å². The SMILES string of the molecule is Cc1csc([C@@H]2CCCCN2C(=O)Cc2cc(C)on2)n1. The summed E-state index contributed by atoms with van der Waals surface area (Å²) in [6.07, 6.45) is 3.51. The molecule has 112 valence electrons. The van der Waals surface area contributed by atoms with E-state index in [0.717, 1.165) is 42.3 Å². The first-order valence-electron chi connectivity index (χ1n) is 7.27. The van der Waals surface area contributed by atoms with Crippen LogP contribution in [0.5, 0.6) is 0 Å². The van der Waals surface area contributed by atoms with E-state index in [1.165, 1.54) is 0 Å². The van der Waals surface area contributed by atoms with Crippen LogP contribution in [0, 0.1) is 13.8 Å². The molecular formula is C15H19N3O2S. The summed E-state index contributed by atoms with van der Waals surface area (Å²) < 4.78 is 5.04. The second-order valence-corrected chi connectivity index (χ2v) is 6.42. The largest absolute Gasteiger partial charge is 0.361 e. The van der Waals surface area contributed by atoms with Gasteiger partial charge in [0.05, 0.1) is 18.2 Å². The number of piperidine rings is 1. The van der Waals surface area contributed by atoms with Gasteiger partial charge in [-0.2, -0.15) is 0 Å². The van der Waals surface area contributed by atoms with Gasteiger partial charge in [-0.1, -0.05) is 5.16 Å². The average molecular weight is 305 g/mol. The van der Waals surface area contributed by atoms with Crippen LogP contribution in [0.1, 0.15) is 47.5 Å². The van der Waals surface area contributed by atoms with Crippen LogP contribution in [0.3, 0.4) is 0 Å². The molecule has 0 aliphatic carbocycles. The number of carbonyl (C=O) groups excluding carboxylic acids is 1. The van der Waals surface area contributed by atoms with Crippen molar-refractivity contribution in [3.63, 3.8) is 0 Å². The lowest BCUT2D eigenvalue weighted by Gasteiger charge is -2.34. The molecule has 1 aliphatic rings. The third-order valence-electron chi connectivity index (χ3n) is 3.75. The van der Waals surface area contributed by atoms with Gasteiger partial charge in [0.2, 0.25) is 5.91 Å².